The minimum Gasteiger partial charge on any atom is -0.494 e. The van der Waals surface area contributed by atoms with E-state index in [1.165, 1.54) is 25.3 Å². The Balaban J connectivity index is 2.04. The van der Waals surface area contributed by atoms with Crippen LogP contribution in [-0.4, -0.2) is 19.0 Å². The summed E-state index contributed by atoms with van der Waals surface area (Å²) >= 11 is 11.7. The molecule has 0 radical (unpaired) electrons. The Labute approximate surface area is 156 Å². The van der Waals surface area contributed by atoms with E-state index in [9.17, 15) is 17.6 Å². The maximum absolute atomic E-state index is 13.9. The molecule has 0 N–H and O–H groups in total. The second-order valence-electron chi connectivity index (χ2n) is 5.64. The number of hydrogen-bond acceptors (Lipinski definition) is 3. The number of hydrogen-bond donors (Lipinski definition) is 0. The van der Waals surface area contributed by atoms with Gasteiger partial charge in [0.25, 0.3) is 5.60 Å². The average molecular weight is 408 g/mol. The van der Waals surface area contributed by atoms with E-state index in [-0.39, 0.29) is 32.6 Å². The van der Waals surface area contributed by atoms with Gasteiger partial charge in [-0.2, -0.15) is 13.2 Å². The normalized spacial score (nSPS) is 19.9. The maximum Gasteiger partial charge on any atom is 0.435 e. The molecule has 0 aromatic heterocycles. The Hall–Kier alpha value is -1.99. The molecule has 9 heteroatoms. The number of rotatable bonds is 3. The van der Waals surface area contributed by atoms with E-state index in [4.69, 9.17) is 32.8 Å². The quantitative estimate of drug-likeness (QED) is 0.608. The molecule has 0 fully saturated rings. The summed E-state index contributed by atoms with van der Waals surface area (Å²) in [5.41, 5.74) is -2.76. The van der Waals surface area contributed by atoms with Crippen molar-refractivity contribution in [2.45, 2.75) is 18.2 Å². The van der Waals surface area contributed by atoms with Gasteiger partial charge in [0.05, 0.1) is 12.8 Å². The third-order valence-electron chi connectivity index (χ3n) is 4.00. The molecule has 3 rings (SSSR count). The summed E-state index contributed by atoms with van der Waals surface area (Å²) in [6.45, 7) is 0. The molecule has 1 aliphatic rings. The zero-order valence-corrected chi connectivity index (χ0v) is 14.7. The highest BCUT2D eigenvalue weighted by Crippen LogP contribution is 2.49. The molecule has 2 aromatic carbocycles. The minimum atomic E-state index is -4.80. The van der Waals surface area contributed by atoms with Gasteiger partial charge in [-0.05, 0) is 36.4 Å². The minimum absolute atomic E-state index is 0.00303. The van der Waals surface area contributed by atoms with Crippen LogP contribution in [0.3, 0.4) is 0 Å². The highest BCUT2D eigenvalue weighted by Gasteiger charge is 2.62. The van der Waals surface area contributed by atoms with E-state index in [0.29, 0.717) is 0 Å². The first-order valence-electron chi connectivity index (χ1n) is 7.28. The SMILES string of the molecule is COc1cc(C2=NOC(c3cc(Cl)cc(Cl)c3)(C(F)(F)F)C2)ccc1F. The van der Waals surface area contributed by atoms with Crippen molar-refractivity contribution in [3.63, 3.8) is 0 Å². The van der Waals surface area contributed by atoms with Crippen LogP contribution in [0.5, 0.6) is 5.75 Å². The van der Waals surface area contributed by atoms with Gasteiger partial charge < -0.3 is 9.57 Å². The topological polar surface area (TPSA) is 30.8 Å². The lowest BCUT2D eigenvalue weighted by molar-refractivity contribution is -0.275. The van der Waals surface area contributed by atoms with E-state index in [1.807, 2.05) is 0 Å². The summed E-state index contributed by atoms with van der Waals surface area (Å²) < 4.78 is 60.1. The number of alkyl halides is 3. The average Bonchev–Trinajstić information content (AvgIpc) is 3.01. The predicted octanol–water partition coefficient (Wildman–Crippen LogP) is 5.72. The van der Waals surface area contributed by atoms with Gasteiger partial charge >= 0.3 is 6.18 Å². The molecule has 3 nitrogen and oxygen atoms in total. The molecule has 138 valence electrons. The van der Waals surface area contributed by atoms with Crippen LogP contribution in [0.25, 0.3) is 0 Å². The molecule has 1 unspecified atom stereocenters. The van der Waals surface area contributed by atoms with E-state index < -0.39 is 24.0 Å². The van der Waals surface area contributed by atoms with Crippen LogP contribution in [0.4, 0.5) is 17.6 Å². The second-order valence-corrected chi connectivity index (χ2v) is 6.51. The van der Waals surface area contributed by atoms with Crippen LogP contribution in [-0.2, 0) is 10.4 Å². The number of oxime groups is 1. The van der Waals surface area contributed by atoms with E-state index in [0.717, 1.165) is 18.2 Å². The molecule has 0 saturated heterocycles. The fourth-order valence-electron chi connectivity index (χ4n) is 2.68. The highest BCUT2D eigenvalue weighted by molar-refractivity contribution is 6.34. The maximum atomic E-state index is 13.9. The molecular formula is C17H11Cl2F4NO2. The van der Waals surface area contributed by atoms with Crippen molar-refractivity contribution >= 4 is 28.9 Å². The zero-order chi connectivity index (χ0) is 19.1. The number of halogens is 6. The van der Waals surface area contributed by atoms with Crippen LogP contribution in [0.1, 0.15) is 17.5 Å². The molecule has 0 bridgehead atoms. The molecule has 0 amide bonds. The molecule has 26 heavy (non-hydrogen) atoms. The predicted molar refractivity (Wildman–Crippen MR) is 89.4 cm³/mol. The van der Waals surface area contributed by atoms with Gasteiger partial charge in [0.2, 0.25) is 0 Å². The number of methoxy groups -OCH3 is 1. The lowest BCUT2D eigenvalue weighted by Gasteiger charge is -2.29. The standard InChI is InChI=1S/C17H11Cl2F4NO2/c1-25-15-4-9(2-3-13(15)20)14-8-16(26-24-14,17(21,22)23)10-5-11(18)7-12(19)6-10/h2-7H,8H2,1H3. The van der Waals surface area contributed by atoms with Gasteiger partial charge in [-0.15, -0.1) is 0 Å². The third kappa shape index (κ3) is 3.21. The molecular weight excluding hydrogens is 397 g/mol. The molecule has 2 aromatic rings. The van der Waals surface area contributed by atoms with Gasteiger partial charge in [0, 0.05) is 27.6 Å². The van der Waals surface area contributed by atoms with E-state index in [2.05, 4.69) is 5.16 Å². The van der Waals surface area contributed by atoms with E-state index in [1.54, 1.807) is 0 Å². The van der Waals surface area contributed by atoms with Crippen molar-refractivity contribution in [1.29, 1.82) is 0 Å². The summed E-state index contributed by atoms with van der Waals surface area (Å²) in [5, 5.41) is 3.68. The van der Waals surface area contributed by atoms with Gasteiger partial charge in [0.1, 0.15) is 0 Å². The first kappa shape index (κ1) is 18.8. The fourth-order valence-corrected chi connectivity index (χ4v) is 3.21. The smallest absolute Gasteiger partial charge is 0.435 e. The van der Waals surface area contributed by atoms with Crippen LogP contribution >= 0.6 is 23.2 Å². The first-order chi connectivity index (χ1) is 12.2. The van der Waals surface area contributed by atoms with Crippen molar-refractivity contribution in [3.8, 4) is 5.75 Å². The first-order valence-corrected chi connectivity index (χ1v) is 8.04. The van der Waals surface area contributed by atoms with Crippen LogP contribution in [0.15, 0.2) is 41.6 Å². The van der Waals surface area contributed by atoms with Gasteiger partial charge in [-0.3, -0.25) is 0 Å². The Kier molecular flexibility index (Phi) is 4.79. The Morgan fingerprint density at radius 3 is 2.35 bits per heavy atom. The number of nitrogens with zero attached hydrogens (tertiary/aromatic N) is 1. The Morgan fingerprint density at radius 2 is 1.77 bits per heavy atom. The molecule has 1 aliphatic heterocycles. The van der Waals surface area contributed by atoms with Crippen LogP contribution < -0.4 is 4.74 Å². The molecule has 0 aliphatic carbocycles. The van der Waals surface area contributed by atoms with Crippen molar-refractivity contribution in [1.82, 2.24) is 0 Å². The van der Waals surface area contributed by atoms with Crippen LogP contribution in [0.2, 0.25) is 10.0 Å². The largest absolute Gasteiger partial charge is 0.494 e. The monoisotopic (exact) mass is 407 g/mol. The molecule has 0 saturated carbocycles. The summed E-state index contributed by atoms with van der Waals surface area (Å²) in [7, 11) is 1.25. The zero-order valence-electron chi connectivity index (χ0n) is 13.2. The van der Waals surface area contributed by atoms with Gasteiger partial charge in [-0.1, -0.05) is 28.4 Å². The molecule has 1 atom stereocenters. The molecule has 1 heterocycles. The van der Waals surface area contributed by atoms with Gasteiger partial charge in [-0.25, -0.2) is 4.39 Å². The number of benzene rings is 2. The van der Waals surface area contributed by atoms with Crippen molar-refractivity contribution in [2.75, 3.05) is 7.11 Å². The second kappa shape index (κ2) is 6.63. The summed E-state index contributed by atoms with van der Waals surface area (Å²) in [5.74, 6) is -0.750. The number of ether oxygens (including phenoxy) is 1. The Bertz CT molecular complexity index is 865. The summed E-state index contributed by atoms with van der Waals surface area (Å²) in [6, 6.07) is 7.22. The van der Waals surface area contributed by atoms with Crippen molar-refractivity contribution in [2.24, 2.45) is 5.16 Å². The van der Waals surface area contributed by atoms with Crippen molar-refractivity contribution < 1.29 is 27.1 Å². The van der Waals surface area contributed by atoms with Crippen LogP contribution in [0, 0.1) is 5.82 Å². The van der Waals surface area contributed by atoms with Gasteiger partial charge in [0.15, 0.2) is 11.6 Å². The highest BCUT2D eigenvalue weighted by atomic mass is 35.5. The summed E-state index contributed by atoms with van der Waals surface area (Å²) in [4.78, 5) is 4.88. The van der Waals surface area contributed by atoms with Crippen molar-refractivity contribution in [3.05, 3.63) is 63.4 Å². The molecule has 0 spiro atoms. The lowest BCUT2D eigenvalue weighted by atomic mass is 9.86. The lowest BCUT2D eigenvalue weighted by Crippen LogP contribution is -2.42. The fraction of sp³-hybridized carbons (Fsp3) is 0.235. The Morgan fingerprint density at radius 1 is 1.12 bits per heavy atom. The van der Waals surface area contributed by atoms with E-state index >= 15 is 0 Å². The third-order valence-corrected chi connectivity index (χ3v) is 4.44. The summed E-state index contributed by atoms with van der Waals surface area (Å²) in [6.07, 6.45) is -5.42.